The second kappa shape index (κ2) is 6.68. The second-order valence-corrected chi connectivity index (χ2v) is 5.36. The molecule has 2 heterocycles. The molecular weight excluding hydrogens is 262 g/mol. The number of hydrogen-bond acceptors (Lipinski definition) is 4. The zero-order chi connectivity index (χ0) is 14.5. The van der Waals surface area contributed by atoms with Crippen molar-refractivity contribution in [3.8, 4) is 0 Å². The van der Waals surface area contributed by atoms with Crippen LogP contribution in [0.15, 0.2) is 42.7 Å². The summed E-state index contributed by atoms with van der Waals surface area (Å²) in [6.07, 6.45) is 2.73. The molecule has 1 aromatic heterocycles. The molecule has 1 aromatic carbocycles. The van der Waals surface area contributed by atoms with E-state index in [0.29, 0.717) is 5.92 Å². The van der Waals surface area contributed by atoms with Crippen LogP contribution in [0.1, 0.15) is 30.5 Å². The summed E-state index contributed by atoms with van der Waals surface area (Å²) < 4.78 is 5.46. The van der Waals surface area contributed by atoms with E-state index in [9.17, 15) is 0 Å². The molecule has 4 nitrogen and oxygen atoms in total. The quantitative estimate of drug-likeness (QED) is 0.845. The van der Waals surface area contributed by atoms with Crippen LogP contribution < -0.4 is 4.90 Å². The van der Waals surface area contributed by atoms with Gasteiger partial charge in [-0.25, -0.2) is 9.97 Å². The van der Waals surface area contributed by atoms with Gasteiger partial charge in [0.15, 0.2) is 0 Å². The molecule has 1 aliphatic rings. The molecule has 2 aromatic rings. The summed E-state index contributed by atoms with van der Waals surface area (Å²) >= 11 is 0. The van der Waals surface area contributed by atoms with E-state index in [4.69, 9.17) is 4.74 Å². The molecule has 4 heteroatoms. The molecule has 0 radical (unpaired) electrons. The van der Waals surface area contributed by atoms with E-state index in [0.717, 1.165) is 44.2 Å². The minimum atomic E-state index is 0.419. The molecule has 1 fully saturated rings. The topological polar surface area (TPSA) is 38.2 Å². The van der Waals surface area contributed by atoms with Crippen molar-refractivity contribution in [2.45, 2.75) is 25.8 Å². The highest BCUT2D eigenvalue weighted by Gasteiger charge is 2.20. The molecule has 1 aliphatic heterocycles. The molecule has 0 aliphatic carbocycles. The van der Waals surface area contributed by atoms with Gasteiger partial charge in [-0.3, -0.25) is 0 Å². The molecular formula is C17H21N3O. The van der Waals surface area contributed by atoms with E-state index in [1.54, 1.807) is 6.33 Å². The summed E-state index contributed by atoms with van der Waals surface area (Å²) in [7, 11) is 0. The monoisotopic (exact) mass is 283 g/mol. The lowest BCUT2D eigenvalue weighted by Crippen LogP contribution is -2.23. The molecule has 3 rings (SSSR count). The Bertz CT molecular complexity index is 567. The summed E-state index contributed by atoms with van der Waals surface area (Å²) in [6.45, 7) is 5.57. The fraction of sp³-hybridized carbons (Fsp3) is 0.412. The molecule has 1 saturated heterocycles. The average molecular weight is 283 g/mol. The largest absolute Gasteiger partial charge is 0.381 e. The van der Waals surface area contributed by atoms with Crippen LogP contribution in [0, 0.1) is 0 Å². The van der Waals surface area contributed by atoms with Gasteiger partial charge in [0.25, 0.3) is 0 Å². The highest BCUT2D eigenvalue weighted by Crippen LogP contribution is 2.25. The maximum Gasteiger partial charge on any atom is 0.132 e. The summed E-state index contributed by atoms with van der Waals surface area (Å²) in [4.78, 5) is 11.2. The molecule has 0 spiro atoms. The van der Waals surface area contributed by atoms with Gasteiger partial charge in [-0.2, -0.15) is 0 Å². The normalized spacial score (nSPS) is 17.9. The number of rotatable bonds is 5. The predicted octanol–water partition coefficient (Wildman–Crippen LogP) is 3.01. The van der Waals surface area contributed by atoms with Gasteiger partial charge < -0.3 is 9.64 Å². The van der Waals surface area contributed by atoms with Crippen molar-refractivity contribution in [1.29, 1.82) is 0 Å². The highest BCUT2D eigenvalue weighted by atomic mass is 16.5. The van der Waals surface area contributed by atoms with Crippen LogP contribution in [-0.2, 0) is 11.3 Å². The minimum absolute atomic E-state index is 0.419. The summed E-state index contributed by atoms with van der Waals surface area (Å²) in [5.74, 6) is 1.42. The van der Waals surface area contributed by atoms with E-state index >= 15 is 0 Å². The van der Waals surface area contributed by atoms with E-state index < -0.39 is 0 Å². The van der Waals surface area contributed by atoms with Crippen molar-refractivity contribution in [3.63, 3.8) is 0 Å². The number of hydrogen-bond donors (Lipinski definition) is 0. The van der Waals surface area contributed by atoms with E-state index in [2.05, 4.69) is 52.1 Å². The lowest BCUT2D eigenvalue weighted by Gasteiger charge is -2.22. The molecule has 21 heavy (non-hydrogen) atoms. The summed E-state index contributed by atoms with van der Waals surface area (Å²) in [5, 5.41) is 0. The molecule has 0 bridgehead atoms. The fourth-order valence-electron chi connectivity index (χ4n) is 2.68. The van der Waals surface area contributed by atoms with Gasteiger partial charge in [-0.15, -0.1) is 0 Å². The molecule has 0 saturated carbocycles. The van der Waals surface area contributed by atoms with Gasteiger partial charge in [0.2, 0.25) is 0 Å². The van der Waals surface area contributed by atoms with Gasteiger partial charge >= 0.3 is 0 Å². The highest BCUT2D eigenvalue weighted by molar-refractivity contribution is 5.40. The van der Waals surface area contributed by atoms with Gasteiger partial charge in [0, 0.05) is 31.7 Å². The second-order valence-electron chi connectivity index (χ2n) is 5.36. The smallest absolute Gasteiger partial charge is 0.132 e. The first kappa shape index (κ1) is 14.0. The van der Waals surface area contributed by atoms with Crippen LogP contribution in [0.3, 0.4) is 0 Å². The maximum absolute atomic E-state index is 5.46. The van der Waals surface area contributed by atoms with Crippen molar-refractivity contribution in [2.24, 2.45) is 0 Å². The van der Waals surface area contributed by atoms with Crippen LogP contribution >= 0.6 is 0 Å². The van der Waals surface area contributed by atoms with Crippen LogP contribution in [-0.4, -0.2) is 29.7 Å². The Morgan fingerprint density at radius 3 is 2.81 bits per heavy atom. The zero-order valence-corrected chi connectivity index (χ0v) is 12.4. The zero-order valence-electron chi connectivity index (χ0n) is 12.4. The van der Waals surface area contributed by atoms with Crippen LogP contribution in [0.25, 0.3) is 0 Å². The van der Waals surface area contributed by atoms with Gasteiger partial charge in [0.05, 0.1) is 12.3 Å². The van der Waals surface area contributed by atoms with Crippen molar-refractivity contribution >= 4 is 5.82 Å². The van der Waals surface area contributed by atoms with E-state index in [1.807, 2.05) is 6.07 Å². The number of nitrogens with zero attached hydrogens (tertiary/aromatic N) is 3. The standard InChI is InChI=1S/C17H21N3O/c1-2-20(11-14-6-4-3-5-7-14)17-10-16(18-13-19-17)15-8-9-21-12-15/h3-7,10,13,15H,2,8-9,11-12H2,1H3/t15-/m1/s1. The number of aromatic nitrogens is 2. The van der Waals surface area contributed by atoms with Crippen LogP contribution in [0.5, 0.6) is 0 Å². The Labute approximate surface area is 125 Å². The molecule has 0 N–H and O–H groups in total. The van der Waals surface area contributed by atoms with Gasteiger partial charge in [0.1, 0.15) is 12.1 Å². The third-order valence-electron chi connectivity index (χ3n) is 3.94. The lowest BCUT2D eigenvalue weighted by molar-refractivity contribution is 0.193. The summed E-state index contributed by atoms with van der Waals surface area (Å²) in [6, 6.07) is 12.6. The minimum Gasteiger partial charge on any atom is -0.381 e. The van der Waals surface area contributed by atoms with Crippen LogP contribution in [0.4, 0.5) is 5.82 Å². The Hall–Kier alpha value is -1.94. The van der Waals surface area contributed by atoms with Crippen molar-refractivity contribution in [1.82, 2.24) is 9.97 Å². The molecule has 110 valence electrons. The summed E-state index contributed by atoms with van der Waals surface area (Å²) in [5.41, 5.74) is 2.40. The maximum atomic E-state index is 5.46. The Morgan fingerprint density at radius 1 is 1.24 bits per heavy atom. The Balaban J connectivity index is 1.78. The van der Waals surface area contributed by atoms with Crippen molar-refractivity contribution in [3.05, 3.63) is 54.0 Å². The van der Waals surface area contributed by atoms with E-state index in [1.165, 1.54) is 5.56 Å². The van der Waals surface area contributed by atoms with Crippen molar-refractivity contribution < 1.29 is 4.74 Å². The molecule has 1 atom stereocenters. The third-order valence-corrected chi connectivity index (χ3v) is 3.94. The average Bonchev–Trinajstić information content (AvgIpc) is 3.08. The van der Waals surface area contributed by atoms with Crippen LogP contribution in [0.2, 0.25) is 0 Å². The van der Waals surface area contributed by atoms with Crippen molar-refractivity contribution in [2.75, 3.05) is 24.7 Å². The Kier molecular flexibility index (Phi) is 4.46. The fourth-order valence-corrected chi connectivity index (χ4v) is 2.68. The Morgan fingerprint density at radius 2 is 2.10 bits per heavy atom. The first-order valence-electron chi connectivity index (χ1n) is 7.55. The number of benzene rings is 1. The molecule has 0 unspecified atom stereocenters. The first-order valence-corrected chi connectivity index (χ1v) is 7.55. The SMILES string of the molecule is CCN(Cc1ccccc1)c1cc([C@@H]2CCOC2)ncn1. The number of anilines is 1. The van der Waals surface area contributed by atoms with Gasteiger partial charge in [-0.1, -0.05) is 30.3 Å². The molecule has 0 amide bonds. The number of ether oxygens (including phenoxy) is 1. The predicted molar refractivity (Wildman–Crippen MR) is 83.4 cm³/mol. The first-order chi connectivity index (χ1) is 10.4. The lowest BCUT2D eigenvalue weighted by atomic mass is 10.0. The van der Waals surface area contributed by atoms with E-state index in [-0.39, 0.29) is 0 Å². The third kappa shape index (κ3) is 3.39. The van der Waals surface area contributed by atoms with Gasteiger partial charge in [-0.05, 0) is 18.9 Å².